The van der Waals surface area contributed by atoms with Crippen molar-refractivity contribution in [2.45, 2.75) is 6.92 Å². The van der Waals surface area contributed by atoms with Gasteiger partial charge in [0.15, 0.2) is 0 Å². The first-order valence-corrected chi connectivity index (χ1v) is 7.04. The minimum absolute atomic E-state index is 0.167. The Morgan fingerprint density at radius 3 is 2.50 bits per heavy atom. The van der Waals surface area contributed by atoms with Crippen molar-refractivity contribution < 1.29 is 14.3 Å². The summed E-state index contributed by atoms with van der Waals surface area (Å²) in [5.41, 5.74) is 6.31. The van der Waals surface area contributed by atoms with E-state index in [0.29, 0.717) is 17.1 Å². The third-order valence-electron chi connectivity index (χ3n) is 2.87. The Morgan fingerprint density at radius 1 is 1.12 bits per heavy atom. The molecule has 0 saturated heterocycles. The number of carbonyl (C=O) groups is 2. The number of nitrogens with one attached hydrogen (secondary N) is 3. The zero-order chi connectivity index (χ0) is 17.4. The highest BCUT2D eigenvalue weighted by Crippen LogP contribution is 2.14. The monoisotopic (exact) mass is 327 g/mol. The van der Waals surface area contributed by atoms with Gasteiger partial charge in [0, 0.05) is 29.9 Å². The number of hydrazine groups is 1. The SMILES string of the molecule is COc1ccc(NC(=O)/C=C(/C)NNC(=O)c2cnccn2)cc1. The first-order chi connectivity index (χ1) is 11.6. The summed E-state index contributed by atoms with van der Waals surface area (Å²) in [5.74, 6) is -0.0848. The second-order valence-electron chi connectivity index (χ2n) is 4.71. The molecule has 0 aliphatic rings. The van der Waals surface area contributed by atoms with Crippen LogP contribution in [0.15, 0.2) is 54.6 Å². The molecule has 0 radical (unpaired) electrons. The van der Waals surface area contributed by atoms with E-state index in [1.807, 2.05) is 0 Å². The van der Waals surface area contributed by atoms with E-state index in [-0.39, 0.29) is 11.6 Å². The first kappa shape index (κ1) is 16.9. The summed E-state index contributed by atoms with van der Waals surface area (Å²) in [6.45, 7) is 1.64. The summed E-state index contributed by atoms with van der Waals surface area (Å²) in [7, 11) is 1.57. The molecule has 0 atom stereocenters. The van der Waals surface area contributed by atoms with Crippen LogP contribution in [0.5, 0.6) is 5.75 Å². The third-order valence-corrected chi connectivity index (χ3v) is 2.87. The zero-order valence-corrected chi connectivity index (χ0v) is 13.2. The van der Waals surface area contributed by atoms with Crippen molar-refractivity contribution in [1.29, 1.82) is 0 Å². The van der Waals surface area contributed by atoms with Crippen molar-refractivity contribution >= 4 is 17.5 Å². The topological polar surface area (TPSA) is 105 Å². The summed E-state index contributed by atoms with van der Waals surface area (Å²) in [6.07, 6.45) is 5.55. The van der Waals surface area contributed by atoms with Crippen LogP contribution in [0.4, 0.5) is 5.69 Å². The Labute approximate surface area is 138 Å². The molecule has 2 amide bonds. The molecule has 0 aliphatic carbocycles. The predicted octanol–water partition coefficient (Wildman–Crippen LogP) is 1.26. The molecule has 1 aromatic carbocycles. The number of hydrogen-bond acceptors (Lipinski definition) is 6. The van der Waals surface area contributed by atoms with Crippen LogP contribution in [0.1, 0.15) is 17.4 Å². The number of allylic oxidation sites excluding steroid dienone is 1. The van der Waals surface area contributed by atoms with Crippen LogP contribution in [0, 0.1) is 0 Å². The molecule has 0 aliphatic heterocycles. The Morgan fingerprint density at radius 2 is 1.88 bits per heavy atom. The highest BCUT2D eigenvalue weighted by molar-refractivity contribution is 5.99. The second-order valence-corrected chi connectivity index (χ2v) is 4.71. The number of ether oxygens (including phenoxy) is 1. The molecule has 0 spiro atoms. The van der Waals surface area contributed by atoms with Gasteiger partial charge in [-0.2, -0.15) is 0 Å². The molecule has 0 bridgehead atoms. The Hall–Kier alpha value is -3.42. The molecule has 2 rings (SSSR count). The smallest absolute Gasteiger partial charge is 0.289 e. The number of amides is 2. The number of rotatable bonds is 6. The molecule has 24 heavy (non-hydrogen) atoms. The number of methoxy groups -OCH3 is 1. The maximum absolute atomic E-state index is 11.9. The van der Waals surface area contributed by atoms with E-state index in [9.17, 15) is 9.59 Å². The van der Waals surface area contributed by atoms with Crippen LogP contribution in [-0.4, -0.2) is 28.9 Å². The molecule has 3 N–H and O–H groups in total. The van der Waals surface area contributed by atoms with E-state index >= 15 is 0 Å². The normalized spacial score (nSPS) is 10.7. The van der Waals surface area contributed by atoms with Crippen molar-refractivity contribution in [2.24, 2.45) is 0 Å². The summed E-state index contributed by atoms with van der Waals surface area (Å²) >= 11 is 0. The van der Waals surface area contributed by atoms with Crippen LogP contribution < -0.4 is 20.9 Å². The molecular weight excluding hydrogens is 310 g/mol. The summed E-state index contributed by atoms with van der Waals surface area (Å²) in [4.78, 5) is 31.3. The molecular formula is C16H17N5O3. The van der Waals surface area contributed by atoms with Crippen LogP contribution in [0.3, 0.4) is 0 Å². The summed E-state index contributed by atoms with van der Waals surface area (Å²) < 4.78 is 5.05. The van der Waals surface area contributed by atoms with Crippen LogP contribution in [0.25, 0.3) is 0 Å². The Kier molecular flexibility index (Phi) is 5.84. The van der Waals surface area contributed by atoms with Crippen LogP contribution >= 0.6 is 0 Å². The molecule has 8 nitrogen and oxygen atoms in total. The lowest BCUT2D eigenvalue weighted by Crippen LogP contribution is -2.37. The van der Waals surface area contributed by atoms with Gasteiger partial charge in [0.05, 0.1) is 13.3 Å². The third kappa shape index (κ3) is 5.09. The molecule has 1 aromatic heterocycles. The molecule has 0 fully saturated rings. The lowest BCUT2D eigenvalue weighted by molar-refractivity contribution is -0.112. The van der Waals surface area contributed by atoms with Gasteiger partial charge < -0.3 is 15.5 Å². The van der Waals surface area contributed by atoms with Gasteiger partial charge in [-0.05, 0) is 31.2 Å². The van der Waals surface area contributed by atoms with Crippen molar-refractivity contribution in [3.63, 3.8) is 0 Å². The van der Waals surface area contributed by atoms with Crippen LogP contribution in [0.2, 0.25) is 0 Å². The number of benzene rings is 1. The largest absolute Gasteiger partial charge is 0.497 e. The highest BCUT2D eigenvalue weighted by Gasteiger charge is 2.06. The lowest BCUT2D eigenvalue weighted by atomic mass is 10.3. The quantitative estimate of drug-likeness (QED) is 0.545. The average molecular weight is 327 g/mol. The highest BCUT2D eigenvalue weighted by atomic mass is 16.5. The molecule has 2 aromatic rings. The van der Waals surface area contributed by atoms with Gasteiger partial charge in [-0.15, -0.1) is 0 Å². The minimum atomic E-state index is -0.452. The number of anilines is 1. The van der Waals surface area contributed by atoms with Crippen molar-refractivity contribution in [2.75, 3.05) is 12.4 Å². The lowest BCUT2D eigenvalue weighted by Gasteiger charge is -2.08. The number of carbonyl (C=O) groups excluding carboxylic acids is 2. The predicted molar refractivity (Wildman–Crippen MR) is 88.0 cm³/mol. The molecule has 1 heterocycles. The van der Waals surface area contributed by atoms with Gasteiger partial charge in [-0.1, -0.05) is 0 Å². The second kappa shape index (κ2) is 8.28. The number of hydrogen-bond donors (Lipinski definition) is 3. The van der Waals surface area contributed by atoms with Gasteiger partial charge >= 0.3 is 0 Å². The van der Waals surface area contributed by atoms with Gasteiger partial charge in [0.2, 0.25) is 5.91 Å². The fraction of sp³-hybridized carbons (Fsp3) is 0.125. The van der Waals surface area contributed by atoms with Gasteiger partial charge in [-0.25, -0.2) is 4.98 Å². The summed E-state index contributed by atoms with van der Waals surface area (Å²) in [5, 5.41) is 2.70. The van der Waals surface area contributed by atoms with Crippen molar-refractivity contribution in [3.05, 3.63) is 60.3 Å². The number of aromatic nitrogens is 2. The van der Waals surface area contributed by atoms with Crippen molar-refractivity contribution in [1.82, 2.24) is 20.8 Å². The van der Waals surface area contributed by atoms with Gasteiger partial charge in [0.1, 0.15) is 11.4 Å². The summed E-state index contributed by atoms with van der Waals surface area (Å²) in [6, 6.07) is 6.93. The maximum atomic E-state index is 11.9. The van der Waals surface area contributed by atoms with E-state index in [0.717, 1.165) is 0 Å². The average Bonchev–Trinajstić information content (AvgIpc) is 2.61. The van der Waals surface area contributed by atoms with Crippen LogP contribution in [-0.2, 0) is 4.79 Å². The standard InChI is InChI=1S/C16H17N5O3/c1-11(20-21-16(23)14-10-17-7-8-18-14)9-15(22)19-12-3-5-13(24-2)6-4-12/h3-10,20H,1-2H3,(H,19,22)(H,21,23)/b11-9-. The molecule has 0 unspecified atom stereocenters. The van der Waals surface area contributed by atoms with E-state index in [1.165, 1.54) is 24.7 Å². The number of nitrogens with zero attached hydrogens (tertiary/aromatic N) is 2. The molecule has 8 heteroatoms. The van der Waals surface area contributed by atoms with Gasteiger partial charge in [0.25, 0.3) is 5.91 Å². The fourth-order valence-electron chi connectivity index (χ4n) is 1.72. The maximum Gasteiger partial charge on any atom is 0.289 e. The van der Waals surface area contributed by atoms with E-state index in [1.54, 1.807) is 38.3 Å². The first-order valence-electron chi connectivity index (χ1n) is 7.04. The van der Waals surface area contributed by atoms with E-state index in [2.05, 4.69) is 26.1 Å². The Bertz CT molecular complexity index is 729. The molecule has 124 valence electrons. The van der Waals surface area contributed by atoms with Gasteiger partial charge in [-0.3, -0.25) is 20.0 Å². The fourth-order valence-corrected chi connectivity index (χ4v) is 1.72. The molecule has 0 saturated carbocycles. The Balaban J connectivity index is 1.85. The minimum Gasteiger partial charge on any atom is -0.497 e. The van der Waals surface area contributed by atoms with E-state index in [4.69, 9.17) is 4.74 Å². The van der Waals surface area contributed by atoms with Crippen molar-refractivity contribution in [3.8, 4) is 5.75 Å². The van der Waals surface area contributed by atoms with E-state index < -0.39 is 5.91 Å². The zero-order valence-electron chi connectivity index (χ0n) is 13.2.